The van der Waals surface area contributed by atoms with Gasteiger partial charge < -0.3 is 14.0 Å². The number of hydrogen-bond donors (Lipinski definition) is 0. The molecule has 0 fully saturated rings. The van der Waals surface area contributed by atoms with E-state index >= 15 is 0 Å². The quantitative estimate of drug-likeness (QED) is 0.166. The van der Waals surface area contributed by atoms with Gasteiger partial charge in [-0.2, -0.15) is 0 Å². The molecule has 4 aromatic heterocycles. The number of hydrogen-bond acceptors (Lipinski definition) is 4. The Kier molecular flexibility index (Phi) is 8.34. The third-order valence-corrected chi connectivity index (χ3v) is 8.30. The van der Waals surface area contributed by atoms with Gasteiger partial charge in [0.25, 0.3) is 0 Å². The van der Waals surface area contributed by atoms with Gasteiger partial charge in [0.15, 0.2) is 0 Å². The van der Waals surface area contributed by atoms with Crippen molar-refractivity contribution in [3.63, 3.8) is 0 Å². The molecule has 0 spiro atoms. The Hall–Kier alpha value is -5.42. The summed E-state index contributed by atoms with van der Waals surface area (Å²) in [4.78, 5) is 14.1. The van der Waals surface area contributed by atoms with E-state index in [0.29, 0.717) is 0 Å². The Bertz CT molecular complexity index is 2500. The molecule has 0 unspecified atom stereocenters. The molecule has 0 saturated carbocycles. The maximum Gasteiger partial charge on any atom is 0.121 e. The monoisotopic (exact) mass is 800 g/mol. The van der Waals surface area contributed by atoms with Crippen LogP contribution in [0.25, 0.3) is 72.2 Å². The summed E-state index contributed by atoms with van der Waals surface area (Å²) in [5.74, 6) is 0.0392. The molecule has 0 N–H and O–H groups in total. The van der Waals surface area contributed by atoms with Crippen LogP contribution < -0.4 is 0 Å². The minimum atomic E-state index is -0.711. The molecular weight excluding hydrogens is 769 g/mol. The van der Waals surface area contributed by atoms with Gasteiger partial charge in [-0.05, 0) is 47.5 Å². The first-order chi connectivity index (χ1) is 23.5. The third-order valence-electron chi connectivity index (χ3n) is 8.30. The molecule has 0 aliphatic heterocycles. The van der Waals surface area contributed by atoms with Crippen LogP contribution in [-0.4, -0.2) is 19.5 Å². The first-order valence-corrected chi connectivity index (χ1v) is 15.5. The van der Waals surface area contributed by atoms with Gasteiger partial charge in [0.2, 0.25) is 0 Å². The summed E-state index contributed by atoms with van der Waals surface area (Å²) in [7, 11) is 0. The average molecular weight is 800 g/mol. The van der Waals surface area contributed by atoms with Crippen LogP contribution in [0.2, 0.25) is 0 Å². The predicted octanol–water partition coefficient (Wildman–Crippen LogP) is 10.6. The molecule has 4 heterocycles. The number of nitrogens with zero attached hydrogens (tertiary/aromatic N) is 4. The van der Waals surface area contributed by atoms with E-state index in [-0.39, 0.29) is 20.1 Å². The maximum absolute atomic E-state index is 8.44. The van der Waals surface area contributed by atoms with Gasteiger partial charge in [-0.15, -0.1) is 54.1 Å². The predicted molar refractivity (Wildman–Crippen MR) is 191 cm³/mol. The van der Waals surface area contributed by atoms with Gasteiger partial charge >= 0.3 is 0 Å². The zero-order valence-corrected chi connectivity index (χ0v) is 28.7. The van der Waals surface area contributed by atoms with E-state index in [4.69, 9.17) is 15.8 Å². The van der Waals surface area contributed by atoms with Crippen molar-refractivity contribution in [3.05, 3.63) is 157 Å². The summed E-state index contributed by atoms with van der Waals surface area (Å²) >= 11 is 0. The number of rotatable bonds is 4. The molecule has 0 saturated heterocycles. The molecule has 5 nitrogen and oxygen atoms in total. The molecule has 1 radical (unpaired) electrons. The normalized spacial score (nSPS) is 11.7. The SMILES string of the molecule is [2H]C(C)(C)c1ccc2c(c1)oc1c(-c3nc4c5ccccc5ncc4n3-c3ccccc3)[c-]ccc12.[Ir].[c-]1ccccc1-c1ccccn1. The van der Waals surface area contributed by atoms with E-state index in [0.717, 1.165) is 77.8 Å². The zero-order chi connectivity index (χ0) is 32.7. The van der Waals surface area contributed by atoms with Crippen molar-refractivity contribution in [2.45, 2.75) is 19.7 Å². The number of aromatic nitrogens is 4. The molecule has 0 bridgehead atoms. The molecule has 9 rings (SSSR count). The Balaban J connectivity index is 0.000000246. The summed E-state index contributed by atoms with van der Waals surface area (Å²) in [5.41, 5.74) is 8.92. The second kappa shape index (κ2) is 13.4. The fourth-order valence-electron chi connectivity index (χ4n) is 5.97. The molecule has 6 heteroatoms. The van der Waals surface area contributed by atoms with Crippen LogP contribution in [0.4, 0.5) is 0 Å². The largest absolute Gasteiger partial charge is 0.501 e. The number of furan rings is 1. The number of para-hydroxylation sites is 2. The minimum Gasteiger partial charge on any atom is -0.501 e. The van der Waals surface area contributed by atoms with Crippen molar-refractivity contribution in [3.8, 4) is 28.3 Å². The topological polar surface area (TPSA) is 56.7 Å². The molecule has 9 aromatic rings. The van der Waals surface area contributed by atoms with E-state index in [1.807, 2.05) is 129 Å². The second-order valence-corrected chi connectivity index (χ2v) is 11.5. The van der Waals surface area contributed by atoms with Crippen LogP contribution in [0.5, 0.6) is 0 Å². The van der Waals surface area contributed by atoms with E-state index in [1.165, 1.54) is 0 Å². The van der Waals surface area contributed by atoms with Crippen LogP contribution in [0.15, 0.2) is 144 Å². The molecule has 0 atom stereocenters. The van der Waals surface area contributed by atoms with Crippen LogP contribution in [0.1, 0.15) is 26.7 Å². The number of pyridine rings is 2. The van der Waals surface area contributed by atoms with Gasteiger partial charge in [0.05, 0.1) is 34.2 Å². The Morgan fingerprint density at radius 3 is 2.35 bits per heavy atom. The van der Waals surface area contributed by atoms with Crippen molar-refractivity contribution < 1.29 is 25.9 Å². The third kappa shape index (κ3) is 5.70. The molecular formula is C42H30IrN4O-2. The van der Waals surface area contributed by atoms with Gasteiger partial charge in [-0.25, -0.2) is 0 Å². The van der Waals surface area contributed by atoms with Gasteiger partial charge in [-0.3, -0.25) is 9.97 Å². The summed E-state index contributed by atoms with van der Waals surface area (Å²) in [6, 6.07) is 48.5. The number of fused-ring (bicyclic) bond motifs is 6. The average Bonchev–Trinajstić information content (AvgIpc) is 3.71. The minimum absolute atomic E-state index is 0. The molecule has 0 amide bonds. The van der Waals surface area contributed by atoms with Crippen molar-refractivity contribution in [2.24, 2.45) is 0 Å². The number of benzene rings is 5. The van der Waals surface area contributed by atoms with E-state index in [2.05, 4.69) is 39.9 Å². The van der Waals surface area contributed by atoms with E-state index in [9.17, 15) is 0 Å². The Morgan fingerprint density at radius 1 is 0.750 bits per heavy atom. The molecule has 0 aliphatic carbocycles. The summed E-state index contributed by atoms with van der Waals surface area (Å²) in [6.45, 7) is 3.77. The molecule has 5 aromatic carbocycles. The zero-order valence-electron chi connectivity index (χ0n) is 27.3. The van der Waals surface area contributed by atoms with Crippen molar-refractivity contribution in [1.29, 1.82) is 0 Å². The van der Waals surface area contributed by atoms with Crippen molar-refractivity contribution >= 4 is 43.9 Å². The molecule has 235 valence electrons. The summed E-state index contributed by atoms with van der Waals surface area (Å²) < 4.78 is 17.0. The molecule has 48 heavy (non-hydrogen) atoms. The van der Waals surface area contributed by atoms with E-state index in [1.54, 1.807) is 6.20 Å². The van der Waals surface area contributed by atoms with Crippen LogP contribution in [0.3, 0.4) is 0 Å². The van der Waals surface area contributed by atoms with Crippen molar-refractivity contribution in [1.82, 2.24) is 19.5 Å². The van der Waals surface area contributed by atoms with Crippen molar-refractivity contribution in [2.75, 3.05) is 0 Å². The number of imidazole rings is 1. The standard InChI is InChI=1S/C31H22N3O.C11H8N.Ir/c1-19(2)20-15-16-22-23-12-8-13-25(30(23)35-28(22)17-20)31-33-29-24-11-6-7-14-26(24)32-18-27(29)34(31)21-9-4-3-5-10-21;1-2-6-10(7-3-1)11-8-4-5-9-12-11;/h3-12,14-19H,1-2H3;1-6,8-9H;/q2*-1;/i19D;;. The van der Waals surface area contributed by atoms with E-state index < -0.39 is 5.89 Å². The van der Waals surface area contributed by atoms with Gasteiger partial charge in [0, 0.05) is 44.1 Å². The fourth-order valence-corrected chi connectivity index (χ4v) is 5.97. The summed E-state index contributed by atoms with van der Waals surface area (Å²) in [6.07, 6.45) is 3.68. The van der Waals surface area contributed by atoms with Crippen LogP contribution in [0, 0.1) is 12.1 Å². The Morgan fingerprint density at radius 2 is 1.56 bits per heavy atom. The van der Waals surface area contributed by atoms with Gasteiger partial charge in [-0.1, -0.05) is 85.5 Å². The van der Waals surface area contributed by atoms with Crippen LogP contribution >= 0.6 is 0 Å². The first kappa shape index (κ1) is 29.9. The van der Waals surface area contributed by atoms with Gasteiger partial charge in [0.1, 0.15) is 5.58 Å². The fraction of sp³-hybridized carbons (Fsp3) is 0.0714. The summed E-state index contributed by atoms with van der Waals surface area (Å²) in [5, 5.41) is 3.02. The van der Waals surface area contributed by atoms with Crippen LogP contribution in [-0.2, 0) is 20.1 Å². The second-order valence-electron chi connectivity index (χ2n) is 11.5. The maximum atomic E-state index is 8.44. The molecule has 0 aliphatic rings. The first-order valence-electron chi connectivity index (χ1n) is 16.0. The smallest absolute Gasteiger partial charge is 0.121 e. The Labute approximate surface area is 293 Å².